The molecule has 4 heterocycles. The normalized spacial score (nSPS) is 20.2. The molecule has 3 aromatic carbocycles. The van der Waals surface area contributed by atoms with Gasteiger partial charge in [0.05, 0.1) is 19.7 Å². The minimum atomic E-state index is -0.549. The first-order valence-corrected chi connectivity index (χ1v) is 14.8. The van der Waals surface area contributed by atoms with Crippen molar-refractivity contribution < 1.29 is 38.1 Å². The minimum Gasteiger partial charge on any atom is -0.496 e. The van der Waals surface area contributed by atoms with Crippen LogP contribution in [0.5, 0.6) is 17.2 Å². The highest BCUT2D eigenvalue weighted by molar-refractivity contribution is 5.96. The molecule has 2 N–H and O–H groups in total. The molecule has 4 amide bonds. The highest BCUT2D eigenvalue weighted by atomic mass is 16.6. The first-order chi connectivity index (χ1) is 21.9. The van der Waals surface area contributed by atoms with Crippen molar-refractivity contribution in [1.29, 1.82) is 0 Å². The second-order valence-electron chi connectivity index (χ2n) is 11.1. The van der Waals surface area contributed by atoms with Crippen molar-refractivity contribution >= 4 is 23.8 Å². The molecule has 4 aliphatic rings. The molecule has 2 fully saturated rings. The Labute approximate surface area is 260 Å². The van der Waals surface area contributed by atoms with Gasteiger partial charge < -0.3 is 34.5 Å². The van der Waals surface area contributed by atoms with Crippen molar-refractivity contribution in [1.82, 2.24) is 20.4 Å². The second-order valence-corrected chi connectivity index (χ2v) is 11.1. The van der Waals surface area contributed by atoms with Crippen molar-refractivity contribution in [2.75, 3.05) is 46.5 Å². The summed E-state index contributed by atoms with van der Waals surface area (Å²) in [6.07, 6.45) is -0.482. The Kier molecular flexibility index (Phi) is 8.72. The maximum absolute atomic E-state index is 13.7. The third kappa shape index (κ3) is 6.95. The minimum absolute atomic E-state index is 0.0896. The molecule has 45 heavy (non-hydrogen) atoms. The number of benzene rings is 3. The van der Waals surface area contributed by atoms with E-state index in [1.165, 1.54) is 4.90 Å². The van der Waals surface area contributed by atoms with E-state index < -0.39 is 18.2 Å². The number of hydrogen-bond acceptors (Lipinski definition) is 8. The largest absolute Gasteiger partial charge is 0.496 e. The average Bonchev–Trinajstić information content (AvgIpc) is 3.47. The van der Waals surface area contributed by atoms with Crippen LogP contribution >= 0.6 is 0 Å². The van der Waals surface area contributed by atoms with Crippen LogP contribution in [0.1, 0.15) is 22.3 Å². The number of carbonyl (C=O) groups excluding carboxylic acids is 4. The Morgan fingerprint density at radius 1 is 0.956 bits per heavy atom. The van der Waals surface area contributed by atoms with E-state index in [9.17, 15) is 19.2 Å². The van der Waals surface area contributed by atoms with Gasteiger partial charge in [-0.25, -0.2) is 4.79 Å². The van der Waals surface area contributed by atoms with E-state index in [0.717, 1.165) is 11.1 Å². The maximum atomic E-state index is 13.7. The monoisotopic (exact) mass is 614 g/mol. The summed E-state index contributed by atoms with van der Waals surface area (Å²) in [4.78, 5) is 54.4. The molecule has 6 bridgehead atoms. The zero-order valence-electron chi connectivity index (χ0n) is 24.8. The smallest absolute Gasteiger partial charge is 0.410 e. The van der Waals surface area contributed by atoms with Crippen molar-refractivity contribution in [3.8, 4) is 28.4 Å². The van der Waals surface area contributed by atoms with Crippen LogP contribution in [-0.4, -0.2) is 92.3 Å². The number of nitrogens with one attached hydrogen (secondary N) is 2. The highest BCUT2D eigenvalue weighted by Crippen LogP contribution is 2.33. The lowest BCUT2D eigenvalue weighted by atomic mass is 9.99. The van der Waals surface area contributed by atoms with Crippen molar-refractivity contribution in [3.63, 3.8) is 0 Å². The molecule has 2 saturated heterocycles. The van der Waals surface area contributed by atoms with Crippen LogP contribution in [0.25, 0.3) is 11.1 Å². The number of methoxy groups -OCH3 is 1. The topological polar surface area (TPSA) is 136 Å². The number of amides is 4. The molecular weight excluding hydrogens is 580 g/mol. The number of likely N-dealkylation sites (tertiary alicyclic amines) is 1. The summed E-state index contributed by atoms with van der Waals surface area (Å²) in [6, 6.07) is 19.1. The molecule has 12 nitrogen and oxygen atoms in total. The lowest BCUT2D eigenvalue weighted by Gasteiger charge is -2.39. The zero-order valence-corrected chi connectivity index (χ0v) is 24.8. The van der Waals surface area contributed by atoms with Crippen LogP contribution in [0.15, 0.2) is 66.7 Å². The first-order valence-electron chi connectivity index (χ1n) is 14.8. The summed E-state index contributed by atoms with van der Waals surface area (Å²) in [5.41, 5.74) is 2.67. The first kappa shape index (κ1) is 29.8. The number of piperidine rings is 1. The molecule has 0 radical (unpaired) electrons. The average molecular weight is 615 g/mol. The van der Waals surface area contributed by atoms with Gasteiger partial charge in [-0.2, -0.15) is 0 Å². The molecule has 0 aromatic heterocycles. The zero-order chi connectivity index (χ0) is 31.3. The van der Waals surface area contributed by atoms with E-state index in [1.54, 1.807) is 48.4 Å². The summed E-state index contributed by atoms with van der Waals surface area (Å²) < 4.78 is 22.7. The van der Waals surface area contributed by atoms with Gasteiger partial charge in [0, 0.05) is 37.2 Å². The van der Waals surface area contributed by atoms with Gasteiger partial charge in [0.25, 0.3) is 11.8 Å². The SMILES string of the molecule is COc1ccc2cc1-c1cccc(c1)OCC(=O)NCc1ccc(cc1)O[C@@H]1CCN(C(=O)CN3CCOC3=O)C[C@H]1NC2=O. The van der Waals surface area contributed by atoms with Gasteiger partial charge in [-0.05, 0) is 53.6 Å². The molecular formula is C33H34N4O8. The molecule has 0 spiro atoms. The lowest BCUT2D eigenvalue weighted by molar-refractivity contribution is -0.134. The van der Waals surface area contributed by atoms with Crippen molar-refractivity contribution in [3.05, 3.63) is 77.9 Å². The molecule has 0 aliphatic carbocycles. The third-order valence-corrected chi connectivity index (χ3v) is 8.07. The summed E-state index contributed by atoms with van der Waals surface area (Å²) in [6.45, 7) is 1.28. The second kappa shape index (κ2) is 13.2. The molecule has 0 saturated carbocycles. The lowest BCUT2D eigenvalue weighted by Crippen LogP contribution is -2.59. The Morgan fingerprint density at radius 3 is 2.58 bits per heavy atom. The van der Waals surface area contributed by atoms with Crippen molar-refractivity contribution in [2.24, 2.45) is 0 Å². The van der Waals surface area contributed by atoms with Gasteiger partial charge in [0.2, 0.25) is 5.91 Å². The molecule has 2 atom stereocenters. The molecule has 234 valence electrons. The number of nitrogens with zero attached hydrogens (tertiary/aromatic N) is 2. The van der Waals surface area contributed by atoms with E-state index in [4.69, 9.17) is 18.9 Å². The Bertz CT molecular complexity index is 1590. The van der Waals surface area contributed by atoms with Crippen LogP contribution in [0.2, 0.25) is 0 Å². The molecule has 0 unspecified atom stereocenters. The fourth-order valence-electron chi connectivity index (χ4n) is 5.61. The number of rotatable bonds is 3. The maximum Gasteiger partial charge on any atom is 0.410 e. The van der Waals surface area contributed by atoms with Gasteiger partial charge in [-0.15, -0.1) is 0 Å². The van der Waals surface area contributed by atoms with E-state index in [2.05, 4.69) is 10.6 Å². The standard InChI is InChI=1S/C33H34N4O8/c1-42-28-10-7-23-16-26(28)22-3-2-4-25(15-22)44-20-30(38)34-17-21-5-8-24(9-6-21)45-29-11-12-36(18-27(29)35-32(23)40)31(39)19-37-13-14-43-33(37)41/h2-10,15-16,27,29H,11-14,17-20H2,1H3,(H,34,38)(H,35,40)/t27-,29-/m1/s1. The number of fused-ring (bicyclic) bond motifs is 7. The molecule has 4 aliphatic heterocycles. The van der Waals surface area contributed by atoms with Crippen molar-refractivity contribution in [2.45, 2.75) is 25.1 Å². The molecule has 12 heteroatoms. The summed E-state index contributed by atoms with van der Waals surface area (Å²) in [7, 11) is 1.55. The Morgan fingerprint density at radius 2 is 1.80 bits per heavy atom. The van der Waals surface area contributed by atoms with Crippen LogP contribution in [0, 0.1) is 0 Å². The van der Waals surface area contributed by atoms with Crippen LogP contribution < -0.4 is 24.8 Å². The van der Waals surface area contributed by atoms with E-state index in [1.807, 2.05) is 30.3 Å². The fraction of sp³-hybridized carbons (Fsp3) is 0.333. The van der Waals surface area contributed by atoms with Crippen LogP contribution in [-0.2, 0) is 20.9 Å². The number of carbonyl (C=O) groups is 4. The molecule has 7 rings (SSSR count). The molecule has 3 aromatic rings. The predicted octanol–water partition coefficient (Wildman–Crippen LogP) is 2.60. The van der Waals surface area contributed by atoms with E-state index in [-0.39, 0.29) is 44.0 Å². The predicted molar refractivity (Wildman–Crippen MR) is 162 cm³/mol. The van der Waals surface area contributed by atoms with E-state index >= 15 is 0 Å². The summed E-state index contributed by atoms with van der Waals surface area (Å²) in [5.74, 6) is 0.807. The van der Waals surface area contributed by atoms with Gasteiger partial charge >= 0.3 is 6.09 Å². The highest BCUT2D eigenvalue weighted by Gasteiger charge is 2.36. The fourth-order valence-corrected chi connectivity index (χ4v) is 5.61. The number of ether oxygens (including phenoxy) is 4. The Hall–Kier alpha value is -5.26. The van der Waals surface area contributed by atoms with Crippen LogP contribution in [0.4, 0.5) is 4.79 Å². The van der Waals surface area contributed by atoms with Gasteiger partial charge in [0.1, 0.15) is 36.5 Å². The quantitative estimate of drug-likeness (QED) is 0.460. The number of cyclic esters (lactones) is 1. The number of hydrogen-bond donors (Lipinski definition) is 2. The Balaban J connectivity index is 1.30. The summed E-state index contributed by atoms with van der Waals surface area (Å²) >= 11 is 0. The van der Waals surface area contributed by atoms with Gasteiger partial charge in [-0.1, -0.05) is 24.3 Å². The van der Waals surface area contributed by atoms with E-state index in [0.29, 0.717) is 54.4 Å². The third-order valence-electron chi connectivity index (χ3n) is 8.07. The van der Waals surface area contributed by atoms with Gasteiger partial charge in [-0.3, -0.25) is 19.3 Å². The van der Waals surface area contributed by atoms with Gasteiger partial charge in [0.15, 0.2) is 6.61 Å². The van der Waals surface area contributed by atoms with Crippen LogP contribution in [0.3, 0.4) is 0 Å². The summed E-state index contributed by atoms with van der Waals surface area (Å²) in [5, 5.41) is 5.97.